The van der Waals surface area contributed by atoms with Crippen LogP contribution in [-0.4, -0.2) is 35.1 Å². The maximum absolute atomic E-state index is 13.7. The highest BCUT2D eigenvalue weighted by molar-refractivity contribution is 5.99. The maximum atomic E-state index is 13.7. The molecule has 1 aliphatic rings. The summed E-state index contributed by atoms with van der Waals surface area (Å²) in [6.45, 7) is 1.29. The van der Waals surface area contributed by atoms with Gasteiger partial charge >= 0.3 is 0 Å². The number of hydrogen-bond donors (Lipinski definition) is 2. The van der Waals surface area contributed by atoms with Crippen LogP contribution in [0.25, 0.3) is 16.8 Å². The molecule has 1 heterocycles. The topological polar surface area (TPSA) is 78.9 Å². The van der Waals surface area contributed by atoms with Crippen LogP contribution in [0.5, 0.6) is 5.75 Å². The second-order valence-corrected chi connectivity index (χ2v) is 8.74. The number of ether oxygens (including phenoxy) is 1. The van der Waals surface area contributed by atoms with Crippen molar-refractivity contribution in [2.24, 2.45) is 0 Å². The lowest BCUT2D eigenvalue weighted by Crippen LogP contribution is -2.37. The van der Waals surface area contributed by atoms with E-state index in [-0.39, 0.29) is 12.5 Å². The molecule has 0 aromatic heterocycles. The zero-order chi connectivity index (χ0) is 24.9. The number of rotatable bonds is 6. The molecular formula is C30H26N2O4. The van der Waals surface area contributed by atoms with Crippen molar-refractivity contribution in [3.63, 3.8) is 0 Å². The number of benzene rings is 4. The first kappa shape index (κ1) is 23.3. The van der Waals surface area contributed by atoms with Crippen LogP contribution in [0.1, 0.15) is 27.0 Å². The van der Waals surface area contributed by atoms with Gasteiger partial charge < -0.3 is 9.64 Å². The minimum absolute atomic E-state index is 0.0816. The van der Waals surface area contributed by atoms with Crippen molar-refractivity contribution in [3.8, 4) is 5.75 Å². The van der Waals surface area contributed by atoms with Crippen LogP contribution in [0.15, 0.2) is 96.6 Å². The summed E-state index contributed by atoms with van der Waals surface area (Å²) in [6, 6.07) is 28.7. The van der Waals surface area contributed by atoms with E-state index in [0.29, 0.717) is 30.0 Å². The van der Waals surface area contributed by atoms with Gasteiger partial charge in [-0.2, -0.15) is 0 Å². The van der Waals surface area contributed by atoms with E-state index >= 15 is 0 Å². The fourth-order valence-electron chi connectivity index (χ4n) is 4.51. The molecule has 2 amide bonds. The van der Waals surface area contributed by atoms with Crippen molar-refractivity contribution in [2.45, 2.75) is 13.0 Å². The summed E-state index contributed by atoms with van der Waals surface area (Å²) in [5.41, 5.74) is 5.65. The van der Waals surface area contributed by atoms with Crippen LogP contribution >= 0.6 is 0 Å². The molecule has 1 aliphatic heterocycles. The number of hydroxylamine groups is 1. The molecular weight excluding hydrogens is 452 g/mol. The van der Waals surface area contributed by atoms with Gasteiger partial charge in [-0.05, 0) is 52.8 Å². The van der Waals surface area contributed by atoms with Gasteiger partial charge in [-0.1, -0.05) is 72.8 Å². The molecule has 5 rings (SSSR count). The Morgan fingerprint density at radius 3 is 2.42 bits per heavy atom. The Morgan fingerprint density at radius 2 is 1.61 bits per heavy atom. The Balaban J connectivity index is 1.43. The summed E-state index contributed by atoms with van der Waals surface area (Å²) in [7, 11) is 0. The molecule has 0 spiro atoms. The Hall–Kier alpha value is -4.42. The van der Waals surface area contributed by atoms with Gasteiger partial charge in [-0.25, -0.2) is 5.48 Å². The minimum atomic E-state index is -0.590. The van der Waals surface area contributed by atoms with Gasteiger partial charge in [0.1, 0.15) is 12.4 Å². The number of nitrogens with zero attached hydrogens (tertiary/aromatic N) is 1. The quantitative estimate of drug-likeness (QED) is 0.232. The second-order valence-electron chi connectivity index (χ2n) is 8.74. The van der Waals surface area contributed by atoms with Gasteiger partial charge in [0.05, 0.1) is 5.57 Å². The zero-order valence-electron chi connectivity index (χ0n) is 19.7. The van der Waals surface area contributed by atoms with E-state index in [4.69, 9.17) is 9.94 Å². The highest BCUT2D eigenvalue weighted by atomic mass is 16.5. The predicted molar refractivity (Wildman–Crippen MR) is 139 cm³/mol. The molecule has 6 heteroatoms. The minimum Gasteiger partial charge on any atom is -0.488 e. The summed E-state index contributed by atoms with van der Waals surface area (Å²) < 4.78 is 6.20. The Bertz CT molecular complexity index is 1440. The molecule has 0 aliphatic carbocycles. The van der Waals surface area contributed by atoms with Crippen molar-refractivity contribution in [1.29, 1.82) is 0 Å². The standard InChI is InChI=1S/C30H26N2O4/c33-29(31-35)24-14-12-21(13-15-24)18-26(20-36-28-11-5-9-23-7-3-4-10-27(23)28)30(34)32-17-16-22-6-1-2-8-25(22)19-32/h1-15,18,35H,16-17,19-20H2,(H,31,33). The fourth-order valence-corrected chi connectivity index (χ4v) is 4.51. The number of nitrogens with one attached hydrogen (secondary N) is 1. The maximum Gasteiger partial charge on any atom is 0.274 e. The summed E-state index contributed by atoms with van der Waals surface area (Å²) >= 11 is 0. The van der Waals surface area contributed by atoms with Gasteiger partial charge in [0, 0.05) is 24.0 Å². The Morgan fingerprint density at radius 1 is 0.889 bits per heavy atom. The van der Waals surface area contributed by atoms with Crippen LogP contribution in [0.3, 0.4) is 0 Å². The number of carbonyl (C=O) groups is 2. The predicted octanol–water partition coefficient (Wildman–Crippen LogP) is 5.01. The van der Waals surface area contributed by atoms with Crippen molar-refractivity contribution in [1.82, 2.24) is 10.4 Å². The van der Waals surface area contributed by atoms with E-state index in [1.165, 1.54) is 5.56 Å². The highest BCUT2D eigenvalue weighted by Gasteiger charge is 2.24. The van der Waals surface area contributed by atoms with E-state index in [9.17, 15) is 9.59 Å². The second kappa shape index (κ2) is 10.5. The summed E-state index contributed by atoms with van der Waals surface area (Å²) in [5.74, 6) is 0.0424. The van der Waals surface area contributed by atoms with Crippen molar-refractivity contribution >= 4 is 28.7 Å². The first-order valence-electron chi connectivity index (χ1n) is 11.8. The average Bonchev–Trinajstić information content (AvgIpc) is 2.94. The van der Waals surface area contributed by atoms with E-state index in [1.54, 1.807) is 35.8 Å². The largest absolute Gasteiger partial charge is 0.488 e. The Kier molecular flexibility index (Phi) is 6.78. The lowest BCUT2D eigenvalue weighted by molar-refractivity contribution is -0.128. The molecule has 2 N–H and O–H groups in total. The molecule has 4 aromatic carbocycles. The van der Waals surface area contributed by atoms with E-state index in [2.05, 4.69) is 12.1 Å². The fraction of sp³-hybridized carbons (Fsp3) is 0.133. The van der Waals surface area contributed by atoms with Gasteiger partial charge in [0.2, 0.25) is 0 Å². The Labute approximate surface area is 209 Å². The van der Waals surface area contributed by atoms with Gasteiger partial charge in [-0.15, -0.1) is 0 Å². The highest BCUT2D eigenvalue weighted by Crippen LogP contribution is 2.27. The number of fused-ring (bicyclic) bond motifs is 2. The van der Waals surface area contributed by atoms with E-state index in [1.807, 2.05) is 59.5 Å². The summed E-state index contributed by atoms with van der Waals surface area (Å²) in [5, 5.41) is 10.9. The molecule has 0 fully saturated rings. The van der Waals surface area contributed by atoms with Crippen molar-refractivity contribution in [2.75, 3.05) is 13.2 Å². The zero-order valence-corrected chi connectivity index (χ0v) is 19.7. The number of amides is 2. The molecule has 4 aromatic rings. The average molecular weight is 479 g/mol. The molecule has 180 valence electrons. The van der Waals surface area contributed by atoms with Crippen molar-refractivity contribution in [3.05, 3.63) is 119 Å². The van der Waals surface area contributed by atoms with Crippen molar-refractivity contribution < 1.29 is 19.5 Å². The molecule has 0 saturated heterocycles. The van der Waals surface area contributed by atoms with Gasteiger partial charge in [0.25, 0.3) is 11.8 Å². The molecule has 0 atom stereocenters. The van der Waals surface area contributed by atoms with Gasteiger partial charge in [-0.3, -0.25) is 14.8 Å². The molecule has 0 unspecified atom stereocenters. The van der Waals surface area contributed by atoms with E-state index < -0.39 is 5.91 Å². The van der Waals surface area contributed by atoms with Crippen LogP contribution < -0.4 is 10.2 Å². The summed E-state index contributed by atoms with van der Waals surface area (Å²) in [6.07, 6.45) is 2.61. The van der Waals surface area contributed by atoms with E-state index in [0.717, 1.165) is 28.3 Å². The normalized spacial score (nSPS) is 13.2. The summed E-state index contributed by atoms with van der Waals surface area (Å²) in [4.78, 5) is 27.2. The molecule has 0 bridgehead atoms. The third-order valence-corrected chi connectivity index (χ3v) is 6.44. The first-order valence-corrected chi connectivity index (χ1v) is 11.8. The van der Waals surface area contributed by atoms with Crippen LogP contribution in [0, 0.1) is 0 Å². The first-order chi connectivity index (χ1) is 17.6. The third kappa shape index (κ3) is 4.99. The third-order valence-electron chi connectivity index (χ3n) is 6.44. The van der Waals surface area contributed by atoms with Crippen LogP contribution in [0.4, 0.5) is 0 Å². The lowest BCUT2D eigenvalue weighted by atomic mass is 9.99. The smallest absolute Gasteiger partial charge is 0.274 e. The monoisotopic (exact) mass is 478 g/mol. The number of carbonyl (C=O) groups excluding carboxylic acids is 2. The van der Waals surface area contributed by atoms with Crippen LogP contribution in [-0.2, 0) is 17.8 Å². The van der Waals surface area contributed by atoms with Gasteiger partial charge in [0.15, 0.2) is 0 Å². The van der Waals surface area contributed by atoms with Crippen LogP contribution in [0.2, 0.25) is 0 Å². The SMILES string of the molecule is O=C(NO)c1ccc(C=C(COc2cccc3ccccc23)C(=O)N2CCc3ccccc3C2)cc1. The molecule has 0 saturated carbocycles. The molecule has 0 radical (unpaired) electrons. The molecule has 6 nitrogen and oxygen atoms in total. The number of hydrogen-bond acceptors (Lipinski definition) is 4. The lowest BCUT2D eigenvalue weighted by Gasteiger charge is -2.29. The molecule has 36 heavy (non-hydrogen) atoms.